The molecule has 2 aromatic carbocycles. The van der Waals surface area contributed by atoms with Crippen LogP contribution in [0.2, 0.25) is 0 Å². The second kappa shape index (κ2) is 8.69. The molecule has 0 saturated heterocycles. The number of fused-ring (bicyclic) bond motifs is 1. The molecule has 2 heterocycles. The van der Waals surface area contributed by atoms with Gasteiger partial charge in [-0.15, -0.1) is 11.3 Å². The van der Waals surface area contributed by atoms with Crippen LogP contribution in [0.1, 0.15) is 18.1 Å². The molecule has 0 atom stereocenters. The number of para-hydroxylation sites is 1. The highest BCUT2D eigenvalue weighted by Crippen LogP contribution is 2.18. The van der Waals surface area contributed by atoms with Crippen molar-refractivity contribution in [1.29, 1.82) is 0 Å². The number of carbonyl (C=O) groups is 1. The Balaban J connectivity index is 1.71. The molecule has 2 aromatic heterocycles. The van der Waals surface area contributed by atoms with E-state index in [1.54, 1.807) is 11.4 Å². The molecule has 8 heteroatoms. The maximum Gasteiger partial charge on any atom is 0.332 e. The summed E-state index contributed by atoms with van der Waals surface area (Å²) in [6.07, 6.45) is 0.758. The van der Waals surface area contributed by atoms with Crippen LogP contribution in [0.15, 0.2) is 69.6 Å². The van der Waals surface area contributed by atoms with Gasteiger partial charge in [-0.05, 0) is 47.2 Å². The largest absolute Gasteiger partial charge is 0.332 e. The van der Waals surface area contributed by atoms with Gasteiger partial charge in [-0.2, -0.15) is 0 Å². The summed E-state index contributed by atoms with van der Waals surface area (Å²) in [7, 11) is 0. The number of halogens is 1. The lowest BCUT2D eigenvalue weighted by Crippen LogP contribution is -2.41. The summed E-state index contributed by atoms with van der Waals surface area (Å²) in [5.41, 5.74) is 1.72. The van der Waals surface area contributed by atoms with Crippen LogP contribution >= 0.6 is 11.3 Å². The van der Waals surface area contributed by atoms with Crippen molar-refractivity contribution in [3.63, 3.8) is 0 Å². The van der Waals surface area contributed by atoms with E-state index in [-0.39, 0.29) is 19.0 Å². The van der Waals surface area contributed by atoms with Gasteiger partial charge in [0, 0.05) is 5.69 Å². The third-order valence-corrected chi connectivity index (χ3v) is 5.96. The van der Waals surface area contributed by atoms with Crippen LogP contribution in [0.25, 0.3) is 10.2 Å². The number of thiophene rings is 1. The fourth-order valence-electron chi connectivity index (χ4n) is 3.48. The second-order valence-corrected chi connectivity index (χ2v) is 8.00. The topological polar surface area (TPSA) is 73.1 Å². The zero-order valence-electron chi connectivity index (χ0n) is 16.8. The molecular weight excluding hydrogens is 417 g/mol. The van der Waals surface area contributed by atoms with Gasteiger partial charge in [0.1, 0.15) is 17.1 Å². The first-order valence-electron chi connectivity index (χ1n) is 9.81. The summed E-state index contributed by atoms with van der Waals surface area (Å²) in [4.78, 5) is 38.8. The lowest BCUT2D eigenvalue weighted by atomic mass is 10.1. The number of benzene rings is 2. The summed E-state index contributed by atoms with van der Waals surface area (Å²) in [6.45, 7) is 1.76. The minimum absolute atomic E-state index is 0.00786. The quantitative estimate of drug-likeness (QED) is 0.501. The lowest BCUT2D eigenvalue weighted by molar-refractivity contribution is -0.116. The molecule has 31 heavy (non-hydrogen) atoms. The number of nitrogens with one attached hydrogen (secondary N) is 1. The molecule has 4 aromatic rings. The van der Waals surface area contributed by atoms with Gasteiger partial charge in [0.2, 0.25) is 5.91 Å². The Morgan fingerprint density at radius 2 is 1.77 bits per heavy atom. The zero-order chi connectivity index (χ0) is 22.0. The van der Waals surface area contributed by atoms with Crippen molar-refractivity contribution >= 4 is 33.1 Å². The van der Waals surface area contributed by atoms with Gasteiger partial charge in [0.25, 0.3) is 5.56 Å². The number of hydrogen-bond acceptors (Lipinski definition) is 4. The Kier molecular flexibility index (Phi) is 5.81. The van der Waals surface area contributed by atoms with Gasteiger partial charge < -0.3 is 5.32 Å². The minimum Gasteiger partial charge on any atom is -0.324 e. The minimum atomic E-state index is -0.584. The fourth-order valence-corrected chi connectivity index (χ4v) is 4.32. The molecule has 6 nitrogen and oxygen atoms in total. The molecule has 0 saturated carbocycles. The van der Waals surface area contributed by atoms with Crippen molar-refractivity contribution < 1.29 is 9.18 Å². The van der Waals surface area contributed by atoms with Crippen LogP contribution < -0.4 is 16.6 Å². The molecule has 0 aliphatic rings. The number of amides is 1. The monoisotopic (exact) mass is 437 g/mol. The summed E-state index contributed by atoms with van der Waals surface area (Å²) in [5, 5.41) is 4.58. The molecule has 0 spiro atoms. The fraction of sp³-hybridized carbons (Fsp3) is 0.174. The smallest absolute Gasteiger partial charge is 0.324 e. The van der Waals surface area contributed by atoms with Crippen LogP contribution in [0.5, 0.6) is 0 Å². The van der Waals surface area contributed by atoms with Gasteiger partial charge in [-0.3, -0.25) is 18.7 Å². The zero-order valence-corrected chi connectivity index (χ0v) is 17.6. The van der Waals surface area contributed by atoms with Gasteiger partial charge in [-0.1, -0.05) is 37.3 Å². The van der Waals surface area contributed by atoms with E-state index in [2.05, 4.69) is 5.32 Å². The molecule has 1 N–H and O–H groups in total. The van der Waals surface area contributed by atoms with Crippen LogP contribution in [0, 0.1) is 5.82 Å². The van der Waals surface area contributed by atoms with Crippen LogP contribution in [0.3, 0.4) is 0 Å². The first kappa shape index (κ1) is 20.7. The van der Waals surface area contributed by atoms with Gasteiger partial charge >= 0.3 is 5.69 Å². The van der Waals surface area contributed by atoms with E-state index >= 15 is 0 Å². The van der Waals surface area contributed by atoms with Crippen molar-refractivity contribution in [1.82, 2.24) is 9.13 Å². The van der Waals surface area contributed by atoms with Crippen molar-refractivity contribution in [2.45, 2.75) is 26.4 Å². The summed E-state index contributed by atoms with van der Waals surface area (Å²) in [5.74, 6) is -0.756. The van der Waals surface area contributed by atoms with E-state index in [4.69, 9.17) is 0 Å². The van der Waals surface area contributed by atoms with Gasteiger partial charge in [-0.25, -0.2) is 9.18 Å². The molecule has 4 rings (SSSR count). The molecular formula is C23H20FN3O3S. The number of carbonyl (C=O) groups excluding carboxylic acids is 1. The summed E-state index contributed by atoms with van der Waals surface area (Å²) < 4.78 is 16.0. The van der Waals surface area contributed by atoms with E-state index in [9.17, 15) is 18.8 Å². The number of rotatable bonds is 6. The lowest BCUT2D eigenvalue weighted by Gasteiger charge is -2.14. The SMILES string of the molecule is CCc1ccccc1NC(=O)Cn1c(=O)n(Cc2ccc(F)cc2)c(=O)c2sccc21. The second-order valence-electron chi connectivity index (χ2n) is 7.08. The van der Waals surface area contributed by atoms with E-state index in [1.807, 2.05) is 31.2 Å². The van der Waals surface area contributed by atoms with Crippen molar-refractivity contribution in [3.05, 3.63) is 97.8 Å². The van der Waals surface area contributed by atoms with Gasteiger partial charge in [0.05, 0.1) is 12.1 Å². The molecule has 0 unspecified atom stereocenters. The first-order chi connectivity index (χ1) is 15.0. The number of anilines is 1. The predicted octanol–water partition coefficient (Wildman–Crippen LogP) is 3.61. The standard InChI is InChI=1S/C23H20FN3O3S/c1-2-16-5-3-4-6-18(16)25-20(28)14-26-19-11-12-31-21(19)22(29)27(23(26)30)13-15-7-9-17(24)10-8-15/h3-12H,2,13-14H2,1H3,(H,25,28). The first-order valence-corrected chi connectivity index (χ1v) is 10.7. The molecule has 158 valence electrons. The number of nitrogens with zero attached hydrogens (tertiary/aromatic N) is 2. The maximum absolute atomic E-state index is 13.2. The van der Waals surface area contributed by atoms with Crippen LogP contribution in [0.4, 0.5) is 10.1 Å². The molecule has 0 bridgehead atoms. The van der Waals surface area contributed by atoms with Crippen LogP contribution in [-0.2, 0) is 24.3 Å². The average Bonchev–Trinajstić information content (AvgIpc) is 3.26. The summed E-state index contributed by atoms with van der Waals surface area (Å²) in [6, 6.07) is 14.8. The Hall–Kier alpha value is -3.52. The Morgan fingerprint density at radius 3 is 2.52 bits per heavy atom. The average molecular weight is 437 g/mol. The number of aromatic nitrogens is 2. The van der Waals surface area contributed by atoms with Crippen molar-refractivity contribution in [2.24, 2.45) is 0 Å². The Morgan fingerprint density at radius 1 is 1.03 bits per heavy atom. The Bertz CT molecular complexity index is 1370. The van der Waals surface area contributed by atoms with Crippen molar-refractivity contribution in [2.75, 3.05) is 5.32 Å². The number of aryl methyl sites for hydroxylation is 1. The highest BCUT2D eigenvalue weighted by atomic mass is 32.1. The summed E-state index contributed by atoms with van der Waals surface area (Å²) >= 11 is 1.22. The predicted molar refractivity (Wildman–Crippen MR) is 120 cm³/mol. The maximum atomic E-state index is 13.2. The highest BCUT2D eigenvalue weighted by molar-refractivity contribution is 7.17. The molecule has 0 fully saturated rings. The molecule has 0 aliphatic heterocycles. The normalized spacial score (nSPS) is 11.0. The highest BCUT2D eigenvalue weighted by Gasteiger charge is 2.17. The van der Waals surface area contributed by atoms with E-state index < -0.39 is 17.1 Å². The van der Waals surface area contributed by atoms with E-state index in [0.717, 1.165) is 16.6 Å². The third kappa shape index (κ3) is 4.20. The van der Waals surface area contributed by atoms with E-state index in [1.165, 1.54) is 40.2 Å². The molecule has 0 radical (unpaired) electrons. The van der Waals surface area contributed by atoms with E-state index in [0.29, 0.717) is 21.5 Å². The van der Waals surface area contributed by atoms with Crippen molar-refractivity contribution in [3.8, 4) is 0 Å². The van der Waals surface area contributed by atoms with Crippen LogP contribution in [-0.4, -0.2) is 15.0 Å². The third-order valence-electron chi connectivity index (χ3n) is 5.06. The molecule has 1 amide bonds. The van der Waals surface area contributed by atoms with Gasteiger partial charge in [0.15, 0.2) is 0 Å². The number of hydrogen-bond donors (Lipinski definition) is 1. The Labute approximate surface area is 181 Å². The molecule has 0 aliphatic carbocycles.